The van der Waals surface area contributed by atoms with E-state index in [1.807, 2.05) is 4.90 Å². The van der Waals surface area contributed by atoms with E-state index in [9.17, 15) is 4.79 Å². The highest BCUT2D eigenvalue weighted by molar-refractivity contribution is 5.82. The molecule has 1 amide bonds. The normalized spacial score (nSPS) is 26.0. The van der Waals surface area contributed by atoms with E-state index < -0.39 is 6.04 Å². The molecule has 2 heterocycles. The van der Waals surface area contributed by atoms with Gasteiger partial charge in [0.25, 0.3) is 0 Å². The predicted octanol–water partition coefficient (Wildman–Crippen LogP) is 0.0503. The van der Waals surface area contributed by atoms with Crippen LogP contribution in [0.1, 0.15) is 25.7 Å². The number of ether oxygens (including phenoxy) is 1. The molecule has 5 nitrogen and oxygen atoms in total. The standard InChI is InChI=1S/C15H25N3O2/c1-2-5-14(16)15(19)18-8-4-7-17(9-10-18)12-13-6-3-11-20-13/h1,13-14H,3-12,16H2. The second-order valence-corrected chi connectivity index (χ2v) is 5.63. The summed E-state index contributed by atoms with van der Waals surface area (Å²) in [5, 5.41) is 0. The molecule has 0 spiro atoms. The fourth-order valence-electron chi connectivity index (χ4n) is 2.90. The van der Waals surface area contributed by atoms with Gasteiger partial charge in [-0.1, -0.05) is 0 Å². The first-order valence-corrected chi connectivity index (χ1v) is 7.52. The summed E-state index contributed by atoms with van der Waals surface area (Å²) in [6.45, 7) is 5.31. The van der Waals surface area contributed by atoms with Crippen LogP contribution in [0, 0.1) is 12.3 Å². The maximum atomic E-state index is 12.2. The van der Waals surface area contributed by atoms with Crippen molar-refractivity contribution >= 4 is 5.91 Å². The van der Waals surface area contributed by atoms with Gasteiger partial charge in [-0.25, -0.2) is 0 Å². The van der Waals surface area contributed by atoms with E-state index in [4.69, 9.17) is 16.9 Å². The number of amides is 1. The van der Waals surface area contributed by atoms with Crippen molar-refractivity contribution in [3.8, 4) is 12.3 Å². The van der Waals surface area contributed by atoms with Gasteiger partial charge in [-0.3, -0.25) is 9.69 Å². The van der Waals surface area contributed by atoms with E-state index in [1.165, 1.54) is 6.42 Å². The molecule has 0 bridgehead atoms. The van der Waals surface area contributed by atoms with Crippen LogP contribution in [0.25, 0.3) is 0 Å². The van der Waals surface area contributed by atoms with Crippen molar-refractivity contribution in [1.29, 1.82) is 0 Å². The number of nitrogens with two attached hydrogens (primary N) is 1. The highest BCUT2D eigenvalue weighted by atomic mass is 16.5. The fraction of sp³-hybridized carbons (Fsp3) is 0.800. The maximum absolute atomic E-state index is 12.2. The molecule has 20 heavy (non-hydrogen) atoms. The first-order chi connectivity index (χ1) is 9.70. The van der Waals surface area contributed by atoms with Crippen LogP contribution in [-0.2, 0) is 9.53 Å². The number of nitrogens with zero attached hydrogens (tertiary/aromatic N) is 2. The summed E-state index contributed by atoms with van der Waals surface area (Å²) >= 11 is 0. The van der Waals surface area contributed by atoms with E-state index in [0.29, 0.717) is 12.5 Å². The van der Waals surface area contributed by atoms with E-state index in [0.717, 1.165) is 52.2 Å². The SMILES string of the molecule is C#CCC(N)C(=O)N1CCCN(CC2CCCO2)CC1. The molecule has 0 aliphatic carbocycles. The second-order valence-electron chi connectivity index (χ2n) is 5.63. The maximum Gasteiger partial charge on any atom is 0.240 e. The molecule has 2 N–H and O–H groups in total. The first-order valence-electron chi connectivity index (χ1n) is 7.52. The fourth-order valence-corrected chi connectivity index (χ4v) is 2.90. The molecule has 112 valence electrons. The Morgan fingerprint density at radius 2 is 2.20 bits per heavy atom. The lowest BCUT2D eigenvalue weighted by Crippen LogP contribution is -2.45. The van der Waals surface area contributed by atoms with Crippen LogP contribution in [-0.4, -0.2) is 67.2 Å². The molecule has 2 aliphatic heterocycles. The van der Waals surface area contributed by atoms with Crippen molar-refractivity contribution in [2.24, 2.45) is 5.73 Å². The van der Waals surface area contributed by atoms with Crippen LogP contribution in [0.4, 0.5) is 0 Å². The number of carbonyl (C=O) groups excluding carboxylic acids is 1. The summed E-state index contributed by atoms with van der Waals surface area (Å²) < 4.78 is 5.68. The molecule has 2 atom stereocenters. The lowest BCUT2D eigenvalue weighted by atomic mass is 10.2. The third-order valence-corrected chi connectivity index (χ3v) is 4.04. The van der Waals surface area contributed by atoms with Crippen molar-refractivity contribution in [3.05, 3.63) is 0 Å². The number of hydrogen-bond donors (Lipinski definition) is 1. The Labute approximate surface area is 121 Å². The van der Waals surface area contributed by atoms with Gasteiger partial charge in [0.2, 0.25) is 5.91 Å². The van der Waals surface area contributed by atoms with Crippen LogP contribution in [0.2, 0.25) is 0 Å². The Bertz CT molecular complexity index is 361. The summed E-state index contributed by atoms with van der Waals surface area (Å²) in [5.41, 5.74) is 5.81. The quantitative estimate of drug-likeness (QED) is 0.739. The number of hydrogen-bond acceptors (Lipinski definition) is 4. The third-order valence-electron chi connectivity index (χ3n) is 4.04. The second kappa shape index (κ2) is 7.63. The minimum absolute atomic E-state index is 0.0121. The van der Waals surface area contributed by atoms with E-state index in [2.05, 4.69) is 10.8 Å². The van der Waals surface area contributed by atoms with Gasteiger partial charge in [0.15, 0.2) is 0 Å². The molecule has 2 saturated heterocycles. The molecule has 5 heteroatoms. The highest BCUT2D eigenvalue weighted by Crippen LogP contribution is 2.14. The van der Waals surface area contributed by atoms with Crippen LogP contribution >= 0.6 is 0 Å². The average molecular weight is 279 g/mol. The van der Waals surface area contributed by atoms with Gasteiger partial charge < -0.3 is 15.4 Å². The molecular formula is C15H25N3O2. The molecular weight excluding hydrogens is 254 g/mol. The number of rotatable bonds is 4. The molecule has 0 aromatic rings. The Balaban J connectivity index is 1.79. The van der Waals surface area contributed by atoms with E-state index in [1.54, 1.807) is 0 Å². The average Bonchev–Trinajstić information content (AvgIpc) is 2.83. The molecule has 0 aromatic carbocycles. The highest BCUT2D eigenvalue weighted by Gasteiger charge is 2.25. The smallest absolute Gasteiger partial charge is 0.240 e. The Morgan fingerprint density at radius 3 is 2.90 bits per heavy atom. The lowest BCUT2D eigenvalue weighted by Gasteiger charge is -2.25. The van der Waals surface area contributed by atoms with Crippen molar-refractivity contribution in [2.45, 2.75) is 37.8 Å². The van der Waals surface area contributed by atoms with Crippen LogP contribution in [0.5, 0.6) is 0 Å². The number of terminal acetylenes is 1. The monoisotopic (exact) mass is 279 g/mol. The van der Waals surface area contributed by atoms with Gasteiger partial charge in [0.1, 0.15) is 0 Å². The predicted molar refractivity (Wildman–Crippen MR) is 78.0 cm³/mol. The van der Waals surface area contributed by atoms with Crippen LogP contribution in [0.3, 0.4) is 0 Å². The molecule has 0 saturated carbocycles. The first kappa shape index (κ1) is 15.3. The Hall–Kier alpha value is -1.09. The third kappa shape index (κ3) is 4.20. The van der Waals surface area contributed by atoms with E-state index in [-0.39, 0.29) is 5.91 Å². The van der Waals surface area contributed by atoms with Crippen molar-refractivity contribution in [2.75, 3.05) is 39.3 Å². The largest absolute Gasteiger partial charge is 0.377 e. The zero-order valence-electron chi connectivity index (χ0n) is 12.1. The molecule has 2 aliphatic rings. The molecule has 0 aromatic heterocycles. The summed E-state index contributed by atoms with van der Waals surface area (Å²) in [6.07, 6.45) is 9.23. The molecule has 0 radical (unpaired) electrons. The summed E-state index contributed by atoms with van der Waals surface area (Å²) in [7, 11) is 0. The molecule has 2 unspecified atom stereocenters. The molecule has 2 fully saturated rings. The van der Waals surface area contributed by atoms with Gasteiger partial charge >= 0.3 is 0 Å². The Morgan fingerprint density at radius 1 is 1.35 bits per heavy atom. The zero-order valence-corrected chi connectivity index (χ0v) is 12.1. The summed E-state index contributed by atoms with van der Waals surface area (Å²) in [5.74, 6) is 2.45. The summed E-state index contributed by atoms with van der Waals surface area (Å²) in [6, 6.07) is -0.551. The Kier molecular flexibility index (Phi) is 5.84. The van der Waals surface area contributed by atoms with Gasteiger partial charge in [-0.05, 0) is 25.8 Å². The lowest BCUT2D eigenvalue weighted by molar-refractivity contribution is -0.132. The topological polar surface area (TPSA) is 58.8 Å². The minimum Gasteiger partial charge on any atom is -0.377 e. The van der Waals surface area contributed by atoms with Gasteiger partial charge in [0, 0.05) is 39.2 Å². The van der Waals surface area contributed by atoms with E-state index >= 15 is 0 Å². The zero-order chi connectivity index (χ0) is 14.4. The van der Waals surface area contributed by atoms with Crippen LogP contribution in [0.15, 0.2) is 0 Å². The van der Waals surface area contributed by atoms with Crippen molar-refractivity contribution in [1.82, 2.24) is 9.80 Å². The molecule has 2 rings (SSSR count). The van der Waals surface area contributed by atoms with Crippen LogP contribution < -0.4 is 5.73 Å². The van der Waals surface area contributed by atoms with Crippen molar-refractivity contribution in [3.63, 3.8) is 0 Å². The minimum atomic E-state index is -0.551. The number of carbonyl (C=O) groups is 1. The van der Waals surface area contributed by atoms with Crippen molar-refractivity contribution < 1.29 is 9.53 Å². The van der Waals surface area contributed by atoms with Gasteiger partial charge in [-0.2, -0.15) is 0 Å². The van der Waals surface area contributed by atoms with Gasteiger partial charge in [-0.15, -0.1) is 12.3 Å². The summed E-state index contributed by atoms with van der Waals surface area (Å²) in [4.78, 5) is 16.4. The van der Waals surface area contributed by atoms with Gasteiger partial charge in [0.05, 0.1) is 12.1 Å².